The van der Waals surface area contributed by atoms with Gasteiger partial charge in [-0.05, 0) is 268 Å². The van der Waals surface area contributed by atoms with E-state index in [4.69, 9.17) is 10.2 Å². The van der Waals surface area contributed by atoms with Gasteiger partial charge in [0.2, 0.25) is 0 Å². The third kappa shape index (κ3) is 27.0. The smallest absolute Gasteiger partial charge is 0.319 e. The van der Waals surface area contributed by atoms with Gasteiger partial charge in [0.25, 0.3) is 0 Å². The Kier molecular flexibility index (Phi) is 35.6. The van der Waals surface area contributed by atoms with Crippen LogP contribution in [0.5, 0.6) is 0 Å². The number of carboxylic acid groups (broad SMARTS) is 6. The van der Waals surface area contributed by atoms with Crippen LogP contribution in [0.2, 0.25) is 0 Å². The molecule has 30 heteroatoms. The summed E-state index contributed by atoms with van der Waals surface area (Å²) in [5.74, 6) is -6.88. The Hall–Kier alpha value is -14.4. The fraction of sp³-hybridized carbons (Fsp3) is 0.143. The first kappa shape index (κ1) is 105. The molecule has 142 heavy (non-hydrogen) atoms. The second kappa shape index (κ2) is 48.2. The Labute approximate surface area is 839 Å². The lowest BCUT2D eigenvalue weighted by molar-refractivity contribution is -0.139. The Bertz CT molecular complexity index is 7720. The van der Waals surface area contributed by atoms with Gasteiger partial charge in [0.1, 0.15) is 65.4 Å². The fourth-order valence-corrected chi connectivity index (χ4v) is 20.4. The zero-order valence-electron chi connectivity index (χ0n) is 77.4. The van der Waals surface area contributed by atoms with E-state index in [9.17, 15) is 75.5 Å². The summed E-state index contributed by atoms with van der Waals surface area (Å²) in [6, 6.07) is 83.4. The number of aliphatic carboxylic acids is 6. The molecule has 0 amide bonds. The number of hydrogen-bond donors (Lipinski definition) is 6. The highest BCUT2D eigenvalue weighted by molar-refractivity contribution is 8.02. The molecule has 0 aliphatic carbocycles. The zero-order valence-corrected chi connectivity index (χ0v) is 82.3. The second-order valence-corrected chi connectivity index (χ2v) is 41.5. The Morgan fingerprint density at radius 1 is 0.268 bits per heavy atom. The molecule has 0 aliphatic heterocycles. The minimum absolute atomic E-state index is 0.285. The molecule has 6 aromatic heterocycles. The van der Waals surface area contributed by atoms with Crippen molar-refractivity contribution in [2.24, 2.45) is 0 Å². The average Bonchev–Trinajstić information content (AvgIpc) is 0.781. The molecule has 0 aliphatic rings. The molecule has 18 nitrogen and oxygen atoms in total. The Balaban J connectivity index is 0.000000143. The summed E-state index contributed by atoms with van der Waals surface area (Å²) in [5, 5.41) is 58.4. The lowest BCUT2D eigenvalue weighted by atomic mass is 10.0. The number of carbonyl (C=O) groups is 6. The summed E-state index contributed by atoms with van der Waals surface area (Å²) in [6.07, 6.45) is 11.1. The van der Waals surface area contributed by atoms with Crippen LogP contribution in [0.4, 0.5) is 26.3 Å². The molecule has 18 aromatic rings. The van der Waals surface area contributed by atoms with Crippen LogP contribution in [0.15, 0.2) is 358 Å². The standard InChI is InChI=1S/4C19H16FNO2S.2C18H14FNO2S/c1-19(2,18(22)23)24-17-8-9-21-16-7-6-13(11-15(16)17)12-4-3-5-14(20)10-12;1-19(2,18(22)23)24-17-9-10-21-16-8-7-12(11-14(16)17)13-5-3-4-6-15(13)20;1-2-17(19(22)23)24-18-8-9-21-16-7-6-13(11-15(16)18)12-4-3-5-14(20)10-12;1-2-17(19(22)23)24-18-9-10-21-16-8-7-12(11-14(16)18)13-5-3-4-6-15(13)20;1-11(18(21)22)23-17-7-8-20-16-6-5-13(10-15(16)17)12-3-2-4-14(19)9-12;1-11(18(21)22)23-17-8-9-20-16-7-6-12(10-14(16)17)13-4-2-3-5-15(13)19/h2*3-11H,1-2H3,(H,22,23);2*3-11,17H,2H2,1H3,(H,22,23);2*2-11H,1H3,(H,21,22). The third-order valence-electron chi connectivity index (χ3n) is 22.1. The number of aromatic nitrogens is 6. The summed E-state index contributed by atoms with van der Waals surface area (Å²) < 4.78 is 80.5. The number of carboxylic acids is 6. The van der Waals surface area contributed by atoms with Crippen molar-refractivity contribution in [2.75, 3.05) is 0 Å². The molecule has 0 saturated carbocycles. The molecule has 0 fully saturated rings. The number of rotatable bonds is 26. The maximum atomic E-state index is 14.1. The molecule has 4 unspecified atom stereocenters. The van der Waals surface area contributed by atoms with Crippen molar-refractivity contribution in [3.8, 4) is 66.8 Å². The van der Waals surface area contributed by atoms with Gasteiger partial charge in [-0.1, -0.05) is 141 Å². The van der Waals surface area contributed by atoms with Gasteiger partial charge in [-0.2, -0.15) is 0 Å². The lowest BCUT2D eigenvalue weighted by Gasteiger charge is -2.19. The van der Waals surface area contributed by atoms with E-state index >= 15 is 0 Å². The number of halogens is 6. The largest absolute Gasteiger partial charge is 0.480 e. The number of benzene rings is 12. The predicted molar refractivity (Wildman–Crippen MR) is 559 cm³/mol. The van der Waals surface area contributed by atoms with Crippen molar-refractivity contribution in [3.05, 3.63) is 363 Å². The average molecular weight is 2020 g/mol. The highest BCUT2D eigenvalue weighted by atomic mass is 32.2. The van der Waals surface area contributed by atoms with Crippen LogP contribution in [0.3, 0.4) is 0 Å². The van der Waals surface area contributed by atoms with Gasteiger partial charge in [-0.3, -0.25) is 58.7 Å². The van der Waals surface area contributed by atoms with E-state index in [1.54, 1.807) is 164 Å². The molecule has 6 heterocycles. The van der Waals surface area contributed by atoms with E-state index in [1.165, 1.54) is 125 Å². The van der Waals surface area contributed by atoms with Crippen molar-refractivity contribution < 1.29 is 85.7 Å². The van der Waals surface area contributed by atoms with Crippen LogP contribution in [0.25, 0.3) is 132 Å². The summed E-state index contributed by atoms with van der Waals surface area (Å²) in [6.45, 7) is 13.6. The van der Waals surface area contributed by atoms with E-state index in [-0.39, 0.29) is 34.9 Å². The van der Waals surface area contributed by atoms with Crippen LogP contribution < -0.4 is 0 Å². The summed E-state index contributed by atoms with van der Waals surface area (Å²) in [4.78, 5) is 98.6. The molecule has 6 N–H and O–H groups in total. The van der Waals surface area contributed by atoms with Crippen molar-refractivity contribution >= 4 is 172 Å². The molecule has 12 aromatic carbocycles. The van der Waals surface area contributed by atoms with E-state index < -0.39 is 66.3 Å². The number of fused-ring (bicyclic) bond motifs is 6. The predicted octanol–water partition coefficient (Wildman–Crippen LogP) is 29.2. The van der Waals surface area contributed by atoms with Gasteiger partial charge < -0.3 is 30.6 Å². The quantitative estimate of drug-likeness (QED) is 0.0217. The third-order valence-corrected chi connectivity index (χ3v) is 29.8. The van der Waals surface area contributed by atoms with Crippen molar-refractivity contribution in [3.63, 3.8) is 0 Å². The minimum atomic E-state index is -0.970. The molecule has 4 atom stereocenters. The number of hydrogen-bond acceptors (Lipinski definition) is 18. The number of pyridine rings is 6. The molecule has 0 saturated heterocycles. The highest BCUT2D eigenvalue weighted by Crippen LogP contribution is 2.44. The SMILES string of the molecule is CC(C)(Sc1ccnc2ccc(-c3cccc(F)c3)cc12)C(=O)O.CC(C)(Sc1ccnc2ccc(-c3ccccc3F)cc12)C(=O)O.CC(Sc1ccnc2ccc(-c3cccc(F)c3)cc12)C(=O)O.CC(Sc1ccnc2ccc(-c3ccccc3F)cc12)C(=O)O.CCC(Sc1ccnc2ccc(-c3cccc(F)c3)cc12)C(=O)O.CCC(Sc1ccnc2ccc(-c3ccccc3F)cc12)C(=O)O. The molecule has 0 spiro atoms. The first-order valence-electron chi connectivity index (χ1n) is 44.3. The maximum Gasteiger partial charge on any atom is 0.319 e. The van der Waals surface area contributed by atoms with E-state index in [2.05, 4.69) is 29.9 Å². The van der Waals surface area contributed by atoms with E-state index in [0.717, 1.165) is 145 Å². The zero-order chi connectivity index (χ0) is 102. The second-order valence-electron chi connectivity index (χ2n) is 33.0. The van der Waals surface area contributed by atoms with Gasteiger partial charge >= 0.3 is 35.8 Å². The van der Waals surface area contributed by atoms with E-state index in [1.807, 2.05) is 166 Å². The number of nitrogens with zero attached hydrogens (tertiary/aromatic N) is 6. The van der Waals surface area contributed by atoms with Gasteiger partial charge in [0, 0.05) is 116 Å². The normalized spacial score (nSPS) is 12.0. The van der Waals surface area contributed by atoms with Crippen molar-refractivity contribution in [1.29, 1.82) is 0 Å². The van der Waals surface area contributed by atoms with Crippen LogP contribution in [-0.4, -0.2) is 127 Å². The van der Waals surface area contributed by atoms with Crippen molar-refractivity contribution in [1.82, 2.24) is 29.9 Å². The molecule has 0 bridgehead atoms. The van der Waals surface area contributed by atoms with Crippen LogP contribution in [0, 0.1) is 34.9 Å². The highest BCUT2D eigenvalue weighted by Gasteiger charge is 2.32. The molecule has 18 rings (SSSR count). The molecular weight excluding hydrogens is 1930 g/mol. The summed E-state index contributed by atoms with van der Waals surface area (Å²) >= 11 is 7.69. The van der Waals surface area contributed by atoms with Crippen LogP contribution in [0.1, 0.15) is 68.2 Å². The monoisotopic (exact) mass is 2020 g/mol. The molecular formula is C112H92F6N6O12S6. The summed E-state index contributed by atoms with van der Waals surface area (Å²) in [7, 11) is 0. The first-order valence-corrected chi connectivity index (χ1v) is 49.5. The van der Waals surface area contributed by atoms with Crippen LogP contribution >= 0.6 is 70.6 Å². The van der Waals surface area contributed by atoms with E-state index in [0.29, 0.717) is 29.5 Å². The molecule has 720 valence electrons. The van der Waals surface area contributed by atoms with Crippen LogP contribution in [-0.2, 0) is 28.8 Å². The first-order chi connectivity index (χ1) is 68.0. The Morgan fingerprint density at radius 2 is 0.493 bits per heavy atom. The summed E-state index contributed by atoms with van der Waals surface area (Å²) in [5.41, 5.74) is 13.3. The van der Waals surface area contributed by atoms with Gasteiger partial charge in [0.15, 0.2) is 0 Å². The minimum Gasteiger partial charge on any atom is -0.480 e. The Morgan fingerprint density at radius 3 is 0.725 bits per heavy atom. The maximum absolute atomic E-state index is 14.1. The topological polar surface area (TPSA) is 301 Å². The van der Waals surface area contributed by atoms with Crippen molar-refractivity contribution in [2.45, 2.75) is 128 Å². The van der Waals surface area contributed by atoms with Gasteiger partial charge in [-0.25, -0.2) is 26.3 Å². The number of thioether (sulfide) groups is 6. The lowest BCUT2D eigenvalue weighted by Crippen LogP contribution is -2.26. The molecule has 0 radical (unpaired) electrons. The van der Waals surface area contributed by atoms with Gasteiger partial charge in [-0.15, -0.1) is 70.6 Å². The fourth-order valence-electron chi connectivity index (χ4n) is 14.5. The van der Waals surface area contributed by atoms with Gasteiger partial charge in [0.05, 0.1) is 33.1 Å².